The number of carbonyl (C=O) groups excluding carboxylic acids is 1. The summed E-state index contributed by atoms with van der Waals surface area (Å²) < 4.78 is 0. The maximum absolute atomic E-state index is 12.9. The van der Waals surface area contributed by atoms with Crippen molar-refractivity contribution < 1.29 is 9.90 Å². The number of fused-ring (bicyclic) bond motifs is 2. The zero-order chi connectivity index (χ0) is 24.3. The Balaban J connectivity index is 2.20. The molecule has 0 atom stereocenters. The number of nitrogens with zero attached hydrogens (tertiary/aromatic N) is 3. The predicted octanol–water partition coefficient (Wildman–Crippen LogP) is -0.650. The zero-order valence-corrected chi connectivity index (χ0v) is 19.6. The lowest BCUT2D eigenvalue weighted by Crippen LogP contribution is -2.32. The van der Waals surface area contributed by atoms with E-state index < -0.39 is 10.9 Å². The van der Waals surface area contributed by atoms with Crippen LogP contribution >= 0.6 is 0 Å². The number of nitrogens with one attached hydrogen (secondary N) is 3. The van der Waals surface area contributed by atoms with Crippen LogP contribution in [0, 0.1) is 6.92 Å². The van der Waals surface area contributed by atoms with Crippen molar-refractivity contribution in [3.63, 3.8) is 0 Å². The number of rotatable bonds is 8. The van der Waals surface area contributed by atoms with E-state index in [1.54, 1.807) is 6.20 Å². The van der Waals surface area contributed by atoms with Gasteiger partial charge in [-0.15, -0.1) is 0 Å². The molecular weight excluding hydrogens is 424 g/mol. The molecule has 0 fully saturated rings. The third-order valence-corrected chi connectivity index (χ3v) is 5.32. The van der Waals surface area contributed by atoms with E-state index in [2.05, 4.69) is 20.6 Å². The van der Waals surface area contributed by atoms with E-state index in [9.17, 15) is 19.5 Å². The van der Waals surface area contributed by atoms with Gasteiger partial charge in [0.2, 0.25) is 10.9 Å². The fraction of sp³-hybridized carbons (Fsp3) is 0.391. The van der Waals surface area contributed by atoms with Crippen molar-refractivity contribution in [3.8, 4) is 5.75 Å². The van der Waals surface area contributed by atoms with Crippen LogP contribution in [0.25, 0.3) is 28.3 Å². The van der Waals surface area contributed by atoms with Crippen molar-refractivity contribution in [2.45, 2.75) is 6.92 Å². The van der Waals surface area contributed by atoms with Crippen LogP contribution in [0.1, 0.15) is 15.9 Å². The van der Waals surface area contributed by atoms with Gasteiger partial charge in [-0.25, -0.2) is 4.98 Å². The first-order valence-corrected chi connectivity index (χ1v) is 10.6. The number of H-pyrrole nitrogens is 1. The highest BCUT2D eigenvalue weighted by molar-refractivity contribution is 6.06. The van der Waals surface area contributed by atoms with Gasteiger partial charge in [0.15, 0.2) is 0 Å². The van der Waals surface area contributed by atoms with Gasteiger partial charge in [-0.1, -0.05) is 0 Å². The number of aromatic hydroxyl groups is 1. The molecule has 10 nitrogen and oxygen atoms in total. The molecule has 1 heterocycles. The van der Waals surface area contributed by atoms with E-state index in [-0.39, 0.29) is 44.9 Å². The number of hydrogen-bond donors (Lipinski definition) is 4. The number of phenolic OH excluding ortho intramolecular Hbond substituents is 1. The van der Waals surface area contributed by atoms with E-state index in [4.69, 9.17) is 0 Å². The Labute approximate surface area is 190 Å². The lowest BCUT2D eigenvalue weighted by atomic mass is 10.1. The summed E-state index contributed by atoms with van der Waals surface area (Å²) in [6.45, 7) is 3.95. The van der Waals surface area contributed by atoms with E-state index in [1.165, 1.54) is 19.1 Å². The second-order valence-corrected chi connectivity index (χ2v) is 8.47. The Morgan fingerprint density at radius 2 is 1.73 bits per heavy atom. The van der Waals surface area contributed by atoms with Gasteiger partial charge in [0.1, 0.15) is 22.3 Å². The number of aromatic nitrogens is 2. The molecule has 0 unspecified atom stereocenters. The van der Waals surface area contributed by atoms with Gasteiger partial charge in [0.25, 0.3) is 5.91 Å². The first kappa shape index (κ1) is 24.1. The number of benzene rings is 2. The Kier molecular flexibility index (Phi) is 7.29. The van der Waals surface area contributed by atoms with Crippen LogP contribution in [0.4, 0.5) is 0 Å². The molecule has 3 rings (SSSR count). The summed E-state index contributed by atoms with van der Waals surface area (Å²) >= 11 is 0. The molecule has 4 N–H and O–H groups in total. The minimum absolute atomic E-state index is 0.0216. The van der Waals surface area contributed by atoms with Crippen molar-refractivity contribution in [2.24, 2.45) is 0 Å². The Morgan fingerprint density at radius 1 is 1.06 bits per heavy atom. The number of likely N-dealkylation sites (N-methyl/N-ethyl adjacent to an activating group) is 2. The van der Waals surface area contributed by atoms with E-state index in [0.29, 0.717) is 24.9 Å². The second kappa shape index (κ2) is 9.97. The predicted molar refractivity (Wildman–Crippen MR) is 130 cm³/mol. The van der Waals surface area contributed by atoms with Crippen molar-refractivity contribution in [2.75, 3.05) is 54.4 Å². The molecule has 176 valence electrons. The van der Waals surface area contributed by atoms with Crippen LogP contribution in [-0.2, 0) is 0 Å². The molecule has 0 bridgehead atoms. The first-order valence-electron chi connectivity index (χ1n) is 10.6. The molecule has 10 heteroatoms. The smallest absolute Gasteiger partial charge is 0.253 e. The molecule has 0 aliphatic carbocycles. The molecule has 33 heavy (non-hydrogen) atoms. The lowest BCUT2D eigenvalue weighted by molar-refractivity contribution is 0.0952. The van der Waals surface area contributed by atoms with Crippen LogP contribution < -0.4 is 26.7 Å². The van der Waals surface area contributed by atoms with Gasteiger partial charge < -0.3 is 30.5 Å². The van der Waals surface area contributed by atoms with Gasteiger partial charge >= 0.3 is 0 Å². The fourth-order valence-corrected chi connectivity index (χ4v) is 3.41. The van der Waals surface area contributed by atoms with E-state index >= 15 is 0 Å². The Morgan fingerprint density at radius 3 is 2.39 bits per heavy atom. The molecule has 0 radical (unpaired) electrons. The molecule has 1 aromatic heterocycles. The number of aromatic amines is 1. The molecule has 0 saturated heterocycles. The molecule has 0 spiro atoms. The highest BCUT2D eigenvalue weighted by atomic mass is 16.3. The minimum Gasteiger partial charge on any atom is -0.507 e. The monoisotopic (exact) mass is 454 g/mol. The highest BCUT2D eigenvalue weighted by Gasteiger charge is 2.18. The van der Waals surface area contributed by atoms with Crippen LogP contribution in [0.15, 0.2) is 21.7 Å². The summed E-state index contributed by atoms with van der Waals surface area (Å²) in [7, 11) is 7.68. The summed E-state index contributed by atoms with van der Waals surface area (Å²) in [6, 6.07) is 2.70. The fourth-order valence-electron chi connectivity index (χ4n) is 3.41. The van der Waals surface area contributed by atoms with E-state index in [0.717, 1.165) is 6.54 Å². The van der Waals surface area contributed by atoms with Crippen LogP contribution in [0.5, 0.6) is 5.75 Å². The maximum atomic E-state index is 12.9. The largest absolute Gasteiger partial charge is 0.507 e. The van der Waals surface area contributed by atoms with Crippen LogP contribution in [0.3, 0.4) is 0 Å². The van der Waals surface area contributed by atoms with Gasteiger partial charge in [0, 0.05) is 37.9 Å². The molecular formula is C23H30N6O4. The molecule has 2 aromatic carbocycles. The quantitative estimate of drug-likeness (QED) is 0.261. The normalized spacial score (nSPS) is 12.3. The highest BCUT2D eigenvalue weighted by Crippen LogP contribution is 2.17. The standard InChI is InChI=1S/C23H30N6O4/c1-13-21(31)15(12-24-8-10-28(2)3)18-20(22(13)32)27-17-14(6-7-16(30)19(17)26-18)23(33)25-9-11-29(4)5/h6-7,12,24,27,31H,8-11H2,1-5H3,(H,25,33). The molecule has 3 aromatic rings. The molecule has 0 aliphatic rings. The number of hydrogen-bond acceptors (Lipinski definition) is 8. The molecule has 1 amide bonds. The number of phenols is 1. The van der Waals surface area contributed by atoms with Gasteiger partial charge in [0.05, 0.1) is 16.3 Å². The van der Waals surface area contributed by atoms with E-state index in [1.807, 2.05) is 38.0 Å². The van der Waals surface area contributed by atoms with Gasteiger partial charge in [-0.05, 0) is 47.2 Å². The Hall–Kier alpha value is -3.50. The van der Waals surface area contributed by atoms with Crippen LogP contribution in [0.2, 0.25) is 0 Å². The number of amides is 1. The number of carbonyl (C=O) groups is 1. The van der Waals surface area contributed by atoms with Crippen LogP contribution in [-0.4, -0.2) is 85.2 Å². The summed E-state index contributed by atoms with van der Waals surface area (Å²) in [4.78, 5) is 49.6. The van der Waals surface area contributed by atoms with Crippen molar-refractivity contribution in [1.82, 2.24) is 30.4 Å². The third-order valence-electron chi connectivity index (χ3n) is 5.32. The molecule has 0 aliphatic heterocycles. The van der Waals surface area contributed by atoms with Crippen molar-refractivity contribution >= 4 is 34.2 Å². The summed E-state index contributed by atoms with van der Waals surface area (Å²) in [5.74, 6) is -0.575. The average Bonchev–Trinajstić information content (AvgIpc) is 2.76. The minimum atomic E-state index is -0.447. The van der Waals surface area contributed by atoms with Crippen molar-refractivity contribution in [3.05, 3.63) is 48.9 Å². The topological polar surface area (TPSA) is 131 Å². The second-order valence-electron chi connectivity index (χ2n) is 8.47. The maximum Gasteiger partial charge on any atom is 0.253 e. The van der Waals surface area contributed by atoms with Crippen molar-refractivity contribution in [1.29, 1.82) is 0 Å². The summed E-state index contributed by atoms with van der Waals surface area (Å²) in [6.07, 6.45) is 1.59. The molecule has 0 saturated carbocycles. The SMILES string of the molecule is Cc1c(O)c(=CNCCN(C)C)c2nc3c(=O)ccc(C(=O)NCCN(C)C)c3[nH]c2c1=O. The summed E-state index contributed by atoms with van der Waals surface area (Å²) in [5.41, 5.74) is 0.0130. The lowest BCUT2D eigenvalue weighted by Gasteiger charge is -2.12. The van der Waals surface area contributed by atoms with Gasteiger partial charge in [-0.2, -0.15) is 0 Å². The summed E-state index contributed by atoms with van der Waals surface area (Å²) in [5, 5.41) is 16.9. The van der Waals surface area contributed by atoms with Gasteiger partial charge in [-0.3, -0.25) is 14.4 Å². The first-order chi connectivity index (χ1) is 15.6. The zero-order valence-electron chi connectivity index (χ0n) is 19.6. The Bertz CT molecular complexity index is 1360. The third kappa shape index (κ3) is 5.12. The average molecular weight is 455 g/mol.